The van der Waals surface area contributed by atoms with Crippen molar-refractivity contribution in [3.05, 3.63) is 47.9 Å². The molecule has 1 saturated carbocycles. The summed E-state index contributed by atoms with van der Waals surface area (Å²) in [7, 11) is 1.57. The zero-order valence-corrected chi connectivity index (χ0v) is 16.1. The molecule has 1 aromatic heterocycles. The minimum absolute atomic E-state index is 0.175. The van der Waals surface area contributed by atoms with Gasteiger partial charge in [0.05, 0.1) is 17.8 Å². The van der Waals surface area contributed by atoms with E-state index in [4.69, 9.17) is 9.47 Å². The molecule has 1 fully saturated rings. The van der Waals surface area contributed by atoms with Gasteiger partial charge in [-0.05, 0) is 49.4 Å². The van der Waals surface area contributed by atoms with Crippen LogP contribution in [0.3, 0.4) is 0 Å². The Balaban J connectivity index is 1.80. The lowest BCUT2D eigenvalue weighted by molar-refractivity contribution is 0.0354. The molecular weight excluding hydrogens is 363 g/mol. The molecule has 2 N–H and O–H groups in total. The molecule has 1 aliphatic carbocycles. The summed E-state index contributed by atoms with van der Waals surface area (Å²) in [5, 5.41) is 13.1. The molecule has 1 aliphatic rings. The topological polar surface area (TPSA) is 80.7 Å². The first-order valence-electron chi connectivity index (χ1n) is 9.29. The van der Waals surface area contributed by atoms with Gasteiger partial charge < -0.3 is 19.9 Å². The molecule has 0 saturated heterocycles. The highest BCUT2D eigenvalue weighted by molar-refractivity contribution is 5.95. The monoisotopic (exact) mass is 388 g/mol. The molecule has 28 heavy (non-hydrogen) atoms. The fourth-order valence-corrected chi connectivity index (χ4v) is 2.96. The molecule has 7 heteroatoms. The van der Waals surface area contributed by atoms with Crippen molar-refractivity contribution >= 4 is 5.91 Å². The number of hydrogen-bond acceptors (Lipinski definition) is 5. The SMILES string of the molecule is COCCOc1ncc(C(=O)NC[C@](C)(O)C2CC2)cc1-c1ccc(F)cc1. The summed E-state index contributed by atoms with van der Waals surface area (Å²) in [5.41, 5.74) is 0.690. The Bertz CT molecular complexity index is 820. The summed E-state index contributed by atoms with van der Waals surface area (Å²) < 4.78 is 23.9. The van der Waals surface area contributed by atoms with E-state index in [2.05, 4.69) is 10.3 Å². The lowest BCUT2D eigenvalue weighted by Gasteiger charge is -2.23. The molecule has 0 bridgehead atoms. The highest BCUT2D eigenvalue weighted by Gasteiger charge is 2.40. The van der Waals surface area contributed by atoms with Gasteiger partial charge in [0.25, 0.3) is 5.91 Å². The van der Waals surface area contributed by atoms with Gasteiger partial charge in [0.1, 0.15) is 12.4 Å². The maximum atomic E-state index is 13.3. The predicted molar refractivity (Wildman–Crippen MR) is 103 cm³/mol. The number of amides is 1. The number of carbonyl (C=O) groups is 1. The molecule has 150 valence electrons. The van der Waals surface area contributed by atoms with Crippen LogP contribution in [-0.4, -0.2) is 48.5 Å². The van der Waals surface area contributed by atoms with E-state index in [9.17, 15) is 14.3 Å². The van der Waals surface area contributed by atoms with E-state index in [0.717, 1.165) is 12.8 Å². The number of hydrogen-bond donors (Lipinski definition) is 2. The lowest BCUT2D eigenvalue weighted by Crippen LogP contribution is -2.42. The number of nitrogens with zero attached hydrogens (tertiary/aromatic N) is 1. The summed E-state index contributed by atoms with van der Waals surface area (Å²) in [6, 6.07) is 7.55. The number of ether oxygens (including phenoxy) is 2. The molecule has 1 amide bonds. The normalized spacial score (nSPS) is 15.7. The van der Waals surface area contributed by atoms with Gasteiger partial charge in [-0.25, -0.2) is 9.37 Å². The molecule has 1 atom stereocenters. The van der Waals surface area contributed by atoms with E-state index in [0.29, 0.717) is 35.8 Å². The van der Waals surface area contributed by atoms with Gasteiger partial charge >= 0.3 is 0 Å². The zero-order chi connectivity index (χ0) is 20.1. The number of halogens is 1. The summed E-state index contributed by atoms with van der Waals surface area (Å²) in [6.45, 7) is 2.60. The van der Waals surface area contributed by atoms with Gasteiger partial charge in [0.15, 0.2) is 0 Å². The average Bonchev–Trinajstić information content (AvgIpc) is 3.53. The molecule has 3 rings (SSSR count). The summed E-state index contributed by atoms with van der Waals surface area (Å²) in [4.78, 5) is 16.8. The quantitative estimate of drug-likeness (QED) is 0.646. The number of pyridine rings is 1. The van der Waals surface area contributed by atoms with Gasteiger partial charge in [-0.3, -0.25) is 4.79 Å². The molecule has 0 spiro atoms. The van der Waals surface area contributed by atoms with Crippen molar-refractivity contribution in [3.63, 3.8) is 0 Å². The van der Waals surface area contributed by atoms with Crippen LogP contribution in [-0.2, 0) is 4.74 Å². The van der Waals surface area contributed by atoms with Crippen LogP contribution in [0.4, 0.5) is 4.39 Å². The Hall–Kier alpha value is -2.51. The molecule has 1 heterocycles. The summed E-state index contributed by atoms with van der Waals surface area (Å²) in [5.74, 6) is -0.113. The van der Waals surface area contributed by atoms with Crippen molar-refractivity contribution in [3.8, 4) is 17.0 Å². The molecule has 0 radical (unpaired) electrons. The number of methoxy groups -OCH3 is 1. The second kappa shape index (κ2) is 8.67. The second-order valence-electron chi connectivity index (χ2n) is 7.24. The van der Waals surface area contributed by atoms with E-state index in [1.165, 1.54) is 18.3 Å². The first-order chi connectivity index (χ1) is 13.4. The molecule has 0 aliphatic heterocycles. The van der Waals surface area contributed by atoms with E-state index >= 15 is 0 Å². The van der Waals surface area contributed by atoms with Crippen molar-refractivity contribution < 1.29 is 23.8 Å². The largest absolute Gasteiger partial charge is 0.475 e. The van der Waals surface area contributed by atoms with Crippen LogP contribution in [0, 0.1) is 11.7 Å². The van der Waals surface area contributed by atoms with Crippen LogP contribution in [0.25, 0.3) is 11.1 Å². The van der Waals surface area contributed by atoms with Crippen molar-refractivity contribution in [1.29, 1.82) is 0 Å². The Labute approximate surface area is 163 Å². The zero-order valence-electron chi connectivity index (χ0n) is 16.1. The Kier molecular flexibility index (Phi) is 6.26. The fraction of sp³-hybridized carbons (Fsp3) is 0.429. The molecule has 2 aromatic rings. The predicted octanol–water partition coefficient (Wildman–Crippen LogP) is 2.80. The first-order valence-corrected chi connectivity index (χ1v) is 9.29. The van der Waals surface area contributed by atoms with Crippen LogP contribution >= 0.6 is 0 Å². The summed E-state index contributed by atoms with van der Waals surface area (Å²) >= 11 is 0. The maximum Gasteiger partial charge on any atom is 0.252 e. The van der Waals surface area contributed by atoms with Gasteiger partial charge in [-0.2, -0.15) is 0 Å². The van der Waals surface area contributed by atoms with Gasteiger partial charge in [0, 0.05) is 25.4 Å². The third-order valence-corrected chi connectivity index (χ3v) is 4.86. The van der Waals surface area contributed by atoms with Crippen molar-refractivity contribution in [2.24, 2.45) is 5.92 Å². The van der Waals surface area contributed by atoms with Crippen molar-refractivity contribution in [1.82, 2.24) is 10.3 Å². The minimum Gasteiger partial charge on any atom is -0.475 e. The van der Waals surface area contributed by atoms with Gasteiger partial charge in [-0.15, -0.1) is 0 Å². The molecular formula is C21H25FN2O4. The Morgan fingerprint density at radius 3 is 2.68 bits per heavy atom. The fourth-order valence-electron chi connectivity index (χ4n) is 2.96. The number of rotatable bonds is 9. The third-order valence-electron chi connectivity index (χ3n) is 4.86. The third kappa shape index (κ3) is 5.05. The van der Waals surface area contributed by atoms with E-state index < -0.39 is 5.60 Å². The highest BCUT2D eigenvalue weighted by Crippen LogP contribution is 2.39. The van der Waals surface area contributed by atoms with Crippen LogP contribution in [0.15, 0.2) is 36.5 Å². The van der Waals surface area contributed by atoms with Crippen molar-refractivity contribution in [2.75, 3.05) is 26.9 Å². The minimum atomic E-state index is -0.911. The van der Waals surface area contributed by atoms with E-state index in [1.807, 2.05) is 0 Å². The molecule has 6 nitrogen and oxygen atoms in total. The smallest absolute Gasteiger partial charge is 0.252 e. The summed E-state index contributed by atoms with van der Waals surface area (Å²) in [6.07, 6.45) is 3.38. The van der Waals surface area contributed by atoms with E-state index in [1.54, 1.807) is 32.2 Å². The van der Waals surface area contributed by atoms with Crippen LogP contribution in [0.1, 0.15) is 30.1 Å². The number of benzene rings is 1. The second-order valence-corrected chi connectivity index (χ2v) is 7.24. The van der Waals surface area contributed by atoms with Crippen LogP contribution in [0.5, 0.6) is 5.88 Å². The average molecular weight is 388 g/mol. The number of carbonyl (C=O) groups excluding carboxylic acids is 1. The van der Waals surface area contributed by atoms with Crippen LogP contribution in [0.2, 0.25) is 0 Å². The molecule has 0 unspecified atom stereocenters. The van der Waals surface area contributed by atoms with Gasteiger partial charge in [0.2, 0.25) is 5.88 Å². The van der Waals surface area contributed by atoms with Crippen LogP contribution < -0.4 is 10.1 Å². The molecule has 1 aromatic carbocycles. The number of aliphatic hydroxyl groups is 1. The number of aromatic nitrogens is 1. The highest BCUT2D eigenvalue weighted by atomic mass is 19.1. The lowest BCUT2D eigenvalue weighted by atomic mass is 10.0. The maximum absolute atomic E-state index is 13.3. The van der Waals surface area contributed by atoms with E-state index in [-0.39, 0.29) is 24.2 Å². The standard InChI is InChI=1S/C21H25FN2O4/c1-21(26,16-5-6-16)13-24-19(25)15-11-18(14-3-7-17(22)8-4-14)20(23-12-15)28-10-9-27-2/h3-4,7-8,11-12,16,26H,5-6,9-10,13H2,1-2H3,(H,24,25)/t21-/m0/s1. The Morgan fingerprint density at radius 1 is 1.32 bits per heavy atom. The first kappa shape index (κ1) is 20.2. The van der Waals surface area contributed by atoms with Gasteiger partial charge in [-0.1, -0.05) is 12.1 Å². The Morgan fingerprint density at radius 2 is 2.04 bits per heavy atom. The van der Waals surface area contributed by atoms with Crippen molar-refractivity contribution in [2.45, 2.75) is 25.4 Å². The number of nitrogens with one attached hydrogen (secondary N) is 1.